The van der Waals surface area contributed by atoms with Gasteiger partial charge < -0.3 is 4.90 Å². The van der Waals surface area contributed by atoms with E-state index < -0.39 is 0 Å². The second-order valence-electron chi connectivity index (χ2n) is 5.48. The van der Waals surface area contributed by atoms with Gasteiger partial charge >= 0.3 is 0 Å². The van der Waals surface area contributed by atoms with Gasteiger partial charge in [0, 0.05) is 24.7 Å². The normalized spacial score (nSPS) is 28.0. The van der Waals surface area contributed by atoms with Crippen LogP contribution in [0, 0.1) is 5.92 Å². The third kappa shape index (κ3) is 2.21. The molecule has 1 aromatic heterocycles. The summed E-state index contributed by atoms with van der Waals surface area (Å²) in [6, 6.07) is 4.42. The first-order valence-corrected chi connectivity index (χ1v) is 6.75. The van der Waals surface area contributed by atoms with Gasteiger partial charge in [0.05, 0.1) is 5.92 Å². The Morgan fingerprint density at radius 1 is 1.47 bits per heavy atom. The van der Waals surface area contributed by atoms with Crippen LogP contribution in [-0.2, 0) is 11.8 Å². The predicted octanol–water partition coefficient (Wildman–Crippen LogP) is 1.70. The number of pyridine rings is 1. The first kappa shape index (κ1) is 12.2. The van der Waals surface area contributed by atoms with Crippen LogP contribution < -0.4 is 4.57 Å². The molecular weight excluding hydrogens is 236 g/mol. The number of ketones is 1. The molecule has 1 aliphatic heterocycles. The molecule has 19 heavy (non-hydrogen) atoms. The Balaban J connectivity index is 1.87. The van der Waals surface area contributed by atoms with Gasteiger partial charge in [-0.2, -0.15) is 0 Å². The number of nitrogens with zero attached hydrogens (tertiary/aromatic N) is 2. The largest absolute Gasteiger partial charge is 0.377 e. The molecule has 0 N–H and O–H groups in total. The van der Waals surface area contributed by atoms with Crippen LogP contribution >= 0.6 is 0 Å². The van der Waals surface area contributed by atoms with Gasteiger partial charge in [-0.05, 0) is 36.8 Å². The van der Waals surface area contributed by atoms with Gasteiger partial charge in [-0.25, -0.2) is 4.57 Å². The van der Waals surface area contributed by atoms with Crippen molar-refractivity contribution >= 4 is 11.9 Å². The summed E-state index contributed by atoms with van der Waals surface area (Å²) in [5, 5.41) is 0. The molecule has 0 aromatic carbocycles. The maximum absolute atomic E-state index is 12.5. The number of allylic oxidation sites excluding steroid dienone is 1. The fourth-order valence-corrected chi connectivity index (χ4v) is 3.05. The average Bonchev–Trinajstić information content (AvgIpc) is 2.76. The summed E-state index contributed by atoms with van der Waals surface area (Å²) in [6.45, 7) is 0. The van der Waals surface area contributed by atoms with Crippen LogP contribution in [-0.4, -0.2) is 23.8 Å². The molecule has 2 aliphatic rings. The van der Waals surface area contributed by atoms with Crippen molar-refractivity contribution in [1.29, 1.82) is 0 Å². The van der Waals surface area contributed by atoms with E-state index in [4.69, 9.17) is 0 Å². The van der Waals surface area contributed by atoms with Crippen molar-refractivity contribution in [2.45, 2.75) is 18.9 Å². The Morgan fingerprint density at radius 3 is 3.11 bits per heavy atom. The van der Waals surface area contributed by atoms with Crippen LogP contribution in [0.3, 0.4) is 0 Å². The lowest BCUT2D eigenvalue weighted by molar-refractivity contribution is -0.671. The monoisotopic (exact) mass is 255 g/mol. The van der Waals surface area contributed by atoms with E-state index >= 15 is 0 Å². The minimum Gasteiger partial charge on any atom is -0.377 e. The Labute approximate surface area is 113 Å². The fourth-order valence-electron chi connectivity index (χ4n) is 3.05. The van der Waals surface area contributed by atoms with E-state index in [1.54, 1.807) is 0 Å². The van der Waals surface area contributed by atoms with Crippen molar-refractivity contribution in [3.05, 3.63) is 47.9 Å². The molecule has 2 heterocycles. The van der Waals surface area contributed by atoms with E-state index in [0.717, 1.165) is 24.0 Å². The Bertz CT molecular complexity index is 574. The highest BCUT2D eigenvalue weighted by atomic mass is 16.1. The molecule has 1 saturated carbocycles. The highest BCUT2D eigenvalue weighted by molar-refractivity contribution is 6.03. The topological polar surface area (TPSA) is 24.2 Å². The third-order valence-electron chi connectivity index (χ3n) is 4.10. The second kappa shape index (κ2) is 4.65. The first-order chi connectivity index (χ1) is 9.15. The number of Topliss-reactive ketones (excluding diaryl/α,β-unsaturated/α-hetero) is 1. The molecule has 1 fully saturated rings. The van der Waals surface area contributed by atoms with Gasteiger partial charge in [-0.15, -0.1) is 0 Å². The molecule has 2 unspecified atom stereocenters. The summed E-state index contributed by atoms with van der Waals surface area (Å²) in [4.78, 5) is 14.7. The summed E-state index contributed by atoms with van der Waals surface area (Å²) >= 11 is 0. The van der Waals surface area contributed by atoms with Crippen molar-refractivity contribution in [3.63, 3.8) is 0 Å². The van der Waals surface area contributed by atoms with E-state index in [9.17, 15) is 4.79 Å². The molecule has 0 bridgehead atoms. The lowest BCUT2D eigenvalue weighted by Gasteiger charge is -2.30. The smallest absolute Gasteiger partial charge is 0.175 e. The zero-order valence-electron chi connectivity index (χ0n) is 11.4. The summed E-state index contributed by atoms with van der Waals surface area (Å²) in [5.74, 6) is 0.353. The minimum absolute atomic E-state index is 0.0578. The number of hydrogen-bond acceptors (Lipinski definition) is 2. The Morgan fingerprint density at radius 2 is 2.32 bits per heavy atom. The number of fused-ring (bicyclic) bond motifs is 1. The van der Waals surface area contributed by atoms with E-state index in [1.165, 1.54) is 0 Å². The van der Waals surface area contributed by atoms with Gasteiger partial charge in [-0.3, -0.25) is 4.79 Å². The van der Waals surface area contributed by atoms with Crippen molar-refractivity contribution in [2.24, 2.45) is 13.0 Å². The maximum Gasteiger partial charge on any atom is 0.175 e. The minimum atomic E-state index is 0.0578. The second-order valence-corrected chi connectivity index (χ2v) is 5.48. The fraction of sp³-hybridized carbons (Fsp3) is 0.375. The van der Waals surface area contributed by atoms with Gasteiger partial charge in [0.15, 0.2) is 18.2 Å². The van der Waals surface area contributed by atoms with E-state index in [-0.39, 0.29) is 5.92 Å². The molecule has 1 aromatic rings. The summed E-state index contributed by atoms with van der Waals surface area (Å²) in [6.07, 6.45) is 12.1. The van der Waals surface area contributed by atoms with Crippen LogP contribution in [0.1, 0.15) is 18.4 Å². The Hall–Kier alpha value is -1.90. The van der Waals surface area contributed by atoms with Crippen LogP contribution in [0.4, 0.5) is 0 Å². The van der Waals surface area contributed by atoms with Crippen LogP contribution in [0.2, 0.25) is 0 Å². The standard InChI is InChI=1S/C16H19N2O/c1-17-8-3-4-12(11-17)10-13-5-6-15-14(16(13)19)7-9-18(15)2/h3-4,7-11,14-15H,5-6H2,1-2H3/q+1/b13-10+. The van der Waals surface area contributed by atoms with E-state index in [1.807, 2.05) is 54.5 Å². The van der Waals surface area contributed by atoms with Gasteiger partial charge in [0.1, 0.15) is 7.05 Å². The van der Waals surface area contributed by atoms with E-state index in [2.05, 4.69) is 11.9 Å². The zero-order valence-corrected chi connectivity index (χ0v) is 11.4. The van der Waals surface area contributed by atoms with Crippen molar-refractivity contribution in [3.8, 4) is 0 Å². The molecular formula is C16H19N2O+. The third-order valence-corrected chi connectivity index (χ3v) is 4.10. The number of carbonyl (C=O) groups excluding carboxylic acids is 1. The molecule has 0 spiro atoms. The summed E-state index contributed by atoms with van der Waals surface area (Å²) < 4.78 is 2.01. The Kier molecular flexibility index (Phi) is 2.97. The quantitative estimate of drug-likeness (QED) is 0.563. The molecule has 1 aliphatic carbocycles. The van der Waals surface area contributed by atoms with Crippen LogP contribution in [0.5, 0.6) is 0 Å². The lowest BCUT2D eigenvalue weighted by Crippen LogP contribution is -2.37. The highest BCUT2D eigenvalue weighted by Crippen LogP contribution is 2.34. The lowest BCUT2D eigenvalue weighted by atomic mass is 9.81. The molecule has 2 atom stereocenters. The van der Waals surface area contributed by atoms with Crippen LogP contribution in [0.15, 0.2) is 42.4 Å². The molecule has 98 valence electrons. The molecule has 3 rings (SSSR count). The number of rotatable bonds is 1. The van der Waals surface area contributed by atoms with Gasteiger partial charge in [0.2, 0.25) is 0 Å². The SMILES string of the molecule is CN1C=CC2C(=O)/C(=C/c3ccc[n+](C)c3)CCC21. The van der Waals surface area contributed by atoms with Gasteiger partial charge in [0.25, 0.3) is 0 Å². The summed E-state index contributed by atoms with van der Waals surface area (Å²) in [7, 11) is 4.05. The molecule has 0 saturated heterocycles. The number of aryl methyl sites for hydroxylation is 1. The average molecular weight is 255 g/mol. The van der Waals surface area contributed by atoms with Crippen molar-refractivity contribution in [1.82, 2.24) is 4.90 Å². The van der Waals surface area contributed by atoms with E-state index in [0.29, 0.717) is 11.8 Å². The first-order valence-electron chi connectivity index (χ1n) is 6.75. The number of carbonyl (C=O) groups is 1. The summed E-state index contributed by atoms with van der Waals surface area (Å²) in [5.41, 5.74) is 2.06. The maximum atomic E-state index is 12.5. The van der Waals surface area contributed by atoms with Crippen molar-refractivity contribution < 1.29 is 9.36 Å². The molecule has 3 heteroatoms. The molecule has 0 amide bonds. The zero-order chi connectivity index (χ0) is 13.4. The number of aromatic nitrogens is 1. The van der Waals surface area contributed by atoms with Crippen molar-refractivity contribution in [2.75, 3.05) is 7.05 Å². The highest BCUT2D eigenvalue weighted by Gasteiger charge is 2.37. The number of hydrogen-bond donors (Lipinski definition) is 0. The van der Waals surface area contributed by atoms with Gasteiger partial charge in [-0.1, -0.05) is 6.08 Å². The predicted molar refractivity (Wildman–Crippen MR) is 74.0 cm³/mol. The van der Waals surface area contributed by atoms with Crippen LogP contribution in [0.25, 0.3) is 6.08 Å². The molecule has 3 nitrogen and oxygen atoms in total. The molecule has 0 radical (unpaired) electrons.